The number of imidazole rings is 1. The Labute approximate surface area is 122 Å². The van der Waals surface area contributed by atoms with Crippen molar-refractivity contribution in [2.24, 2.45) is 13.0 Å². The summed E-state index contributed by atoms with van der Waals surface area (Å²) in [5, 5.41) is 13.6. The van der Waals surface area contributed by atoms with Crippen LogP contribution in [-0.2, 0) is 13.6 Å². The van der Waals surface area contributed by atoms with Crippen LogP contribution in [0.15, 0.2) is 12.4 Å². The van der Waals surface area contributed by atoms with Crippen molar-refractivity contribution in [3.05, 3.63) is 18.2 Å². The zero-order valence-electron chi connectivity index (χ0n) is 13.1. The van der Waals surface area contributed by atoms with Crippen LogP contribution >= 0.6 is 0 Å². The molecule has 1 heterocycles. The third-order valence-corrected chi connectivity index (χ3v) is 4.10. The number of aryl methyl sites for hydroxylation is 1. The molecule has 0 amide bonds. The van der Waals surface area contributed by atoms with Crippen molar-refractivity contribution in [3.63, 3.8) is 0 Å². The van der Waals surface area contributed by atoms with E-state index in [4.69, 9.17) is 0 Å². The van der Waals surface area contributed by atoms with E-state index in [1.807, 2.05) is 24.0 Å². The second kappa shape index (κ2) is 6.24. The standard InChI is InChI=1S/C15H28N4O/c1-12(2)17-15(11-20,13-5-6-13)10-18(3)9-14-16-7-8-19(14)4/h7-8,12-13,17,20H,5-6,9-11H2,1-4H3. The number of nitrogens with zero attached hydrogens (tertiary/aromatic N) is 3. The molecule has 0 aliphatic heterocycles. The lowest BCUT2D eigenvalue weighted by molar-refractivity contribution is 0.0897. The largest absolute Gasteiger partial charge is 0.394 e. The monoisotopic (exact) mass is 280 g/mol. The molecule has 0 bridgehead atoms. The molecule has 1 aliphatic rings. The fourth-order valence-electron chi connectivity index (χ4n) is 3.06. The Kier molecular flexibility index (Phi) is 4.83. The van der Waals surface area contributed by atoms with Crippen molar-refractivity contribution in [2.45, 2.75) is 44.8 Å². The average Bonchev–Trinajstić information content (AvgIpc) is 3.15. The van der Waals surface area contributed by atoms with E-state index in [-0.39, 0.29) is 12.1 Å². The van der Waals surface area contributed by atoms with Gasteiger partial charge in [-0.25, -0.2) is 4.98 Å². The van der Waals surface area contributed by atoms with Crippen LogP contribution in [0.2, 0.25) is 0 Å². The summed E-state index contributed by atoms with van der Waals surface area (Å²) in [7, 11) is 4.12. The summed E-state index contributed by atoms with van der Waals surface area (Å²) in [6.45, 7) is 6.13. The van der Waals surface area contributed by atoms with Crippen molar-refractivity contribution in [3.8, 4) is 0 Å². The highest BCUT2D eigenvalue weighted by Crippen LogP contribution is 2.40. The SMILES string of the molecule is CC(C)NC(CO)(CN(C)Cc1nccn1C)C1CC1. The predicted molar refractivity (Wildman–Crippen MR) is 80.4 cm³/mol. The lowest BCUT2D eigenvalue weighted by Crippen LogP contribution is -2.59. The Morgan fingerprint density at radius 2 is 2.25 bits per heavy atom. The molecule has 1 fully saturated rings. The van der Waals surface area contributed by atoms with E-state index >= 15 is 0 Å². The van der Waals surface area contributed by atoms with Gasteiger partial charge in [-0.2, -0.15) is 0 Å². The van der Waals surface area contributed by atoms with Crippen molar-refractivity contribution >= 4 is 0 Å². The minimum absolute atomic E-state index is 0.173. The molecule has 5 nitrogen and oxygen atoms in total. The van der Waals surface area contributed by atoms with Gasteiger partial charge in [0.1, 0.15) is 5.82 Å². The lowest BCUT2D eigenvalue weighted by Gasteiger charge is -2.38. The van der Waals surface area contributed by atoms with Crippen molar-refractivity contribution < 1.29 is 5.11 Å². The van der Waals surface area contributed by atoms with Crippen LogP contribution in [-0.4, -0.2) is 51.3 Å². The van der Waals surface area contributed by atoms with Gasteiger partial charge < -0.3 is 15.0 Å². The van der Waals surface area contributed by atoms with Crippen LogP contribution in [0.1, 0.15) is 32.5 Å². The maximum absolute atomic E-state index is 9.96. The van der Waals surface area contributed by atoms with Gasteiger partial charge in [0.2, 0.25) is 0 Å². The number of likely N-dealkylation sites (N-methyl/N-ethyl adjacent to an activating group) is 1. The molecule has 1 aromatic heterocycles. The number of hydrogen-bond acceptors (Lipinski definition) is 4. The maximum atomic E-state index is 9.96. The molecule has 0 spiro atoms. The summed E-state index contributed by atoms with van der Waals surface area (Å²) in [6, 6.07) is 0.379. The van der Waals surface area contributed by atoms with Gasteiger partial charge in [-0.15, -0.1) is 0 Å². The van der Waals surface area contributed by atoms with Gasteiger partial charge >= 0.3 is 0 Å². The summed E-state index contributed by atoms with van der Waals surface area (Å²) in [5.74, 6) is 1.65. The minimum atomic E-state index is -0.173. The number of aliphatic hydroxyl groups excluding tert-OH is 1. The van der Waals surface area contributed by atoms with E-state index < -0.39 is 0 Å². The maximum Gasteiger partial charge on any atom is 0.122 e. The predicted octanol–water partition coefficient (Wildman–Crippen LogP) is 0.991. The van der Waals surface area contributed by atoms with Gasteiger partial charge in [0.25, 0.3) is 0 Å². The summed E-state index contributed by atoms with van der Waals surface area (Å²) < 4.78 is 2.05. The summed E-state index contributed by atoms with van der Waals surface area (Å²) in [6.07, 6.45) is 6.23. The second-order valence-electron chi connectivity index (χ2n) is 6.51. The van der Waals surface area contributed by atoms with Crippen LogP contribution in [0.4, 0.5) is 0 Å². The molecule has 20 heavy (non-hydrogen) atoms. The van der Waals surface area contributed by atoms with Gasteiger partial charge in [0, 0.05) is 32.0 Å². The molecule has 0 radical (unpaired) electrons. The van der Waals surface area contributed by atoms with Gasteiger partial charge in [-0.3, -0.25) is 4.90 Å². The highest BCUT2D eigenvalue weighted by molar-refractivity contribution is 5.04. The Morgan fingerprint density at radius 1 is 1.55 bits per heavy atom. The van der Waals surface area contributed by atoms with E-state index in [2.05, 4.69) is 36.1 Å². The van der Waals surface area contributed by atoms with E-state index in [0.29, 0.717) is 12.0 Å². The van der Waals surface area contributed by atoms with E-state index in [0.717, 1.165) is 18.9 Å². The molecule has 1 aromatic rings. The molecule has 2 rings (SSSR count). The first-order chi connectivity index (χ1) is 9.47. The fraction of sp³-hybridized carbons (Fsp3) is 0.800. The van der Waals surface area contributed by atoms with Crippen LogP contribution in [0.5, 0.6) is 0 Å². The first-order valence-corrected chi connectivity index (χ1v) is 7.50. The van der Waals surface area contributed by atoms with Crippen LogP contribution in [0.25, 0.3) is 0 Å². The van der Waals surface area contributed by atoms with Crippen molar-refractivity contribution in [2.75, 3.05) is 20.2 Å². The van der Waals surface area contributed by atoms with Gasteiger partial charge in [0.15, 0.2) is 0 Å². The molecular weight excluding hydrogens is 252 g/mol. The minimum Gasteiger partial charge on any atom is -0.394 e. The second-order valence-corrected chi connectivity index (χ2v) is 6.51. The first-order valence-electron chi connectivity index (χ1n) is 7.50. The smallest absolute Gasteiger partial charge is 0.122 e. The molecule has 2 N–H and O–H groups in total. The number of aromatic nitrogens is 2. The third-order valence-electron chi connectivity index (χ3n) is 4.10. The Hall–Kier alpha value is -0.910. The highest BCUT2D eigenvalue weighted by Gasteiger charge is 2.45. The highest BCUT2D eigenvalue weighted by atomic mass is 16.3. The first kappa shape index (κ1) is 15.5. The van der Waals surface area contributed by atoms with E-state index in [1.165, 1.54) is 12.8 Å². The molecule has 0 aromatic carbocycles. The van der Waals surface area contributed by atoms with Crippen molar-refractivity contribution in [1.29, 1.82) is 0 Å². The molecule has 1 unspecified atom stereocenters. The molecule has 5 heteroatoms. The van der Waals surface area contributed by atoms with Crippen LogP contribution in [0.3, 0.4) is 0 Å². The number of aliphatic hydroxyl groups is 1. The van der Waals surface area contributed by atoms with E-state index in [9.17, 15) is 5.11 Å². The number of hydrogen-bond donors (Lipinski definition) is 2. The molecule has 0 saturated heterocycles. The normalized spacial score (nSPS) is 18.8. The quantitative estimate of drug-likeness (QED) is 0.746. The van der Waals surface area contributed by atoms with E-state index in [1.54, 1.807) is 0 Å². The summed E-state index contributed by atoms with van der Waals surface area (Å²) in [5.41, 5.74) is -0.173. The average molecular weight is 280 g/mol. The Morgan fingerprint density at radius 3 is 2.70 bits per heavy atom. The Bertz CT molecular complexity index is 427. The number of nitrogens with one attached hydrogen (secondary N) is 1. The van der Waals surface area contributed by atoms with Gasteiger partial charge in [-0.1, -0.05) is 13.8 Å². The van der Waals surface area contributed by atoms with Crippen molar-refractivity contribution in [1.82, 2.24) is 19.8 Å². The number of rotatable bonds is 8. The zero-order chi connectivity index (χ0) is 14.8. The topological polar surface area (TPSA) is 53.3 Å². The molecule has 1 aliphatic carbocycles. The summed E-state index contributed by atoms with van der Waals surface area (Å²) >= 11 is 0. The van der Waals surface area contributed by atoms with Crippen LogP contribution < -0.4 is 5.32 Å². The molecular formula is C15H28N4O. The molecule has 1 atom stereocenters. The fourth-order valence-corrected chi connectivity index (χ4v) is 3.06. The summed E-state index contributed by atoms with van der Waals surface area (Å²) in [4.78, 5) is 6.63. The lowest BCUT2D eigenvalue weighted by atomic mass is 9.92. The van der Waals surface area contributed by atoms with Crippen LogP contribution in [0, 0.1) is 5.92 Å². The third kappa shape index (κ3) is 3.59. The zero-order valence-corrected chi connectivity index (χ0v) is 13.1. The molecule has 114 valence electrons. The van der Waals surface area contributed by atoms with Gasteiger partial charge in [0.05, 0.1) is 18.7 Å². The Balaban J connectivity index is 2.01. The van der Waals surface area contributed by atoms with Gasteiger partial charge in [-0.05, 0) is 25.8 Å². The molecule has 1 saturated carbocycles.